The van der Waals surface area contributed by atoms with Gasteiger partial charge in [0, 0.05) is 18.0 Å². The number of benzene rings is 1. The number of carbonyl (C=O) groups is 3. The van der Waals surface area contributed by atoms with Crippen molar-refractivity contribution in [2.75, 3.05) is 26.2 Å². The molecule has 1 aliphatic heterocycles. The van der Waals surface area contributed by atoms with Gasteiger partial charge >= 0.3 is 5.97 Å². The van der Waals surface area contributed by atoms with Gasteiger partial charge in [-0.05, 0) is 43.7 Å². The summed E-state index contributed by atoms with van der Waals surface area (Å²) < 4.78 is 12.9. The Hall–Kier alpha value is -2.28. The number of rotatable bonds is 6. The topological polar surface area (TPSA) is 86.7 Å². The number of aliphatic carboxylic acids is 1. The summed E-state index contributed by atoms with van der Waals surface area (Å²) in [5, 5.41) is 10.8. The standard InChI is InChI=1S/C16H19FN2O4/c17-13-5-3-11(4-6-13)16(23)12-2-1-7-19(9-12)10-14(20)18-8-15(21)22/h3-6,12H,1-2,7-10H2,(H,18,20)(H,21,22). The van der Waals surface area contributed by atoms with Gasteiger partial charge in [0.2, 0.25) is 5.91 Å². The molecule has 6 nitrogen and oxygen atoms in total. The number of Topliss-reactive ketones (excluding diaryl/α,β-unsaturated/α-hetero) is 1. The molecule has 1 atom stereocenters. The molecule has 1 fully saturated rings. The third-order valence-corrected chi connectivity index (χ3v) is 3.81. The maximum Gasteiger partial charge on any atom is 0.322 e. The number of nitrogens with one attached hydrogen (secondary N) is 1. The molecule has 0 bridgehead atoms. The fourth-order valence-electron chi connectivity index (χ4n) is 2.70. The minimum absolute atomic E-state index is 0.0550. The zero-order chi connectivity index (χ0) is 16.8. The maximum absolute atomic E-state index is 12.9. The van der Waals surface area contributed by atoms with Gasteiger partial charge in [-0.1, -0.05) is 0 Å². The normalized spacial score (nSPS) is 18.4. The van der Waals surface area contributed by atoms with E-state index in [1.165, 1.54) is 24.3 Å². The van der Waals surface area contributed by atoms with Gasteiger partial charge in [-0.15, -0.1) is 0 Å². The number of ketones is 1. The third kappa shape index (κ3) is 5.14. The van der Waals surface area contributed by atoms with Crippen LogP contribution in [0.2, 0.25) is 0 Å². The van der Waals surface area contributed by atoms with Crippen LogP contribution < -0.4 is 5.32 Å². The lowest BCUT2D eigenvalue weighted by Gasteiger charge is -2.31. The number of carboxylic acid groups (broad SMARTS) is 1. The summed E-state index contributed by atoms with van der Waals surface area (Å²) in [5.41, 5.74) is 0.466. The first kappa shape index (κ1) is 17.1. The third-order valence-electron chi connectivity index (χ3n) is 3.81. The Morgan fingerprint density at radius 2 is 1.96 bits per heavy atom. The van der Waals surface area contributed by atoms with Gasteiger partial charge in [-0.25, -0.2) is 4.39 Å². The van der Waals surface area contributed by atoms with Crippen LogP contribution in [0.4, 0.5) is 4.39 Å². The monoisotopic (exact) mass is 322 g/mol. The van der Waals surface area contributed by atoms with E-state index in [-0.39, 0.29) is 30.0 Å². The van der Waals surface area contributed by atoms with E-state index in [0.717, 1.165) is 12.8 Å². The molecule has 1 amide bonds. The molecule has 23 heavy (non-hydrogen) atoms. The Bertz CT molecular complexity index is 588. The number of carboxylic acids is 1. The maximum atomic E-state index is 12.9. The van der Waals surface area contributed by atoms with Gasteiger partial charge in [0.1, 0.15) is 12.4 Å². The van der Waals surface area contributed by atoms with Crippen molar-refractivity contribution in [3.8, 4) is 0 Å². The highest BCUT2D eigenvalue weighted by molar-refractivity contribution is 5.98. The van der Waals surface area contributed by atoms with E-state index in [2.05, 4.69) is 5.32 Å². The summed E-state index contributed by atoms with van der Waals surface area (Å²) in [7, 11) is 0. The zero-order valence-corrected chi connectivity index (χ0v) is 12.6. The minimum Gasteiger partial charge on any atom is -0.480 e. The molecule has 0 radical (unpaired) electrons. The zero-order valence-electron chi connectivity index (χ0n) is 12.6. The molecule has 2 N–H and O–H groups in total. The van der Waals surface area contributed by atoms with E-state index >= 15 is 0 Å². The molecule has 0 saturated carbocycles. The molecule has 1 aromatic rings. The molecule has 2 rings (SSSR count). The molecule has 1 heterocycles. The van der Waals surface area contributed by atoms with E-state index in [9.17, 15) is 18.8 Å². The number of hydrogen-bond acceptors (Lipinski definition) is 4. The predicted molar refractivity (Wildman–Crippen MR) is 80.5 cm³/mol. The second-order valence-electron chi connectivity index (χ2n) is 5.62. The number of likely N-dealkylation sites (tertiary alicyclic amines) is 1. The lowest BCUT2D eigenvalue weighted by atomic mass is 9.90. The van der Waals surface area contributed by atoms with Crippen LogP contribution in [-0.2, 0) is 9.59 Å². The Labute approximate surface area is 133 Å². The lowest BCUT2D eigenvalue weighted by Crippen LogP contribution is -2.45. The van der Waals surface area contributed by atoms with E-state index in [1.54, 1.807) is 0 Å². The van der Waals surface area contributed by atoms with Crippen LogP contribution in [0.1, 0.15) is 23.2 Å². The van der Waals surface area contributed by atoms with Crippen molar-refractivity contribution in [3.63, 3.8) is 0 Å². The van der Waals surface area contributed by atoms with Crippen LogP contribution in [0.25, 0.3) is 0 Å². The van der Waals surface area contributed by atoms with Gasteiger partial charge in [0.15, 0.2) is 5.78 Å². The number of amides is 1. The number of carbonyl (C=O) groups excluding carboxylic acids is 2. The quantitative estimate of drug-likeness (QED) is 0.761. The average molecular weight is 322 g/mol. The average Bonchev–Trinajstić information content (AvgIpc) is 2.53. The fraction of sp³-hybridized carbons (Fsp3) is 0.438. The molecule has 0 aliphatic carbocycles. The van der Waals surface area contributed by atoms with E-state index in [1.807, 2.05) is 4.90 Å². The van der Waals surface area contributed by atoms with Crippen LogP contribution in [-0.4, -0.2) is 53.8 Å². The van der Waals surface area contributed by atoms with Crippen molar-refractivity contribution in [1.82, 2.24) is 10.2 Å². The van der Waals surface area contributed by atoms with Crippen LogP contribution in [0.15, 0.2) is 24.3 Å². The van der Waals surface area contributed by atoms with Crippen LogP contribution >= 0.6 is 0 Å². The molecule has 1 unspecified atom stereocenters. The molecule has 124 valence electrons. The number of piperidine rings is 1. The van der Waals surface area contributed by atoms with Crippen LogP contribution in [0.3, 0.4) is 0 Å². The van der Waals surface area contributed by atoms with Gasteiger partial charge in [-0.3, -0.25) is 19.3 Å². The van der Waals surface area contributed by atoms with Crippen molar-refractivity contribution in [2.45, 2.75) is 12.8 Å². The second kappa shape index (κ2) is 7.82. The van der Waals surface area contributed by atoms with Gasteiger partial charge in [0.05, 0.1) is 6.54 Å². The largest absolute Gasteiger partial charge is 0.480 e. The van der Waals surface area contributed by atoms with Gasteiger partial charge in [0.25, 0.3) is 0 Å². The highest BCUT2D eigenvalue weighted by Gasteiger charge is 2.27. The summed E-state index contributed by atoms with van der Waals surface area (Å²) >= 11 is 0. The van der Waals surface area contributed by atoms with Crippen molar-refractivity contribution < 1.29 is 23.9 Å². The Morgan fingerprint density at radius 1 is 1.26 bits per heavy atom. The van der Waals surface area contributed by atoms with Crippen molar-refractivity contribution in [3.05, 3.63) is 35.6 Å². The van der Waals surface area contributed by atoms with E-state index < -0.39 is 12.5 Å². The van der Waals surface area contributed by atoms with Crippen molar-refractivity contribution in [1.29, 1.82) is 0 Å². The molecule has 1 aromatic carbocycles. The Balaban J connectivity index is 1.90. The number of hydrogen-bond donors (Lipinski definition) is 2. The van der Waals surface area contributed by atoms with E-state index in [4.69, 9.17) is 5.11 Å². The van der Waals surface area contributed by atoms with Gasteiger partial charge < -0.3 is 10.4 Å². The molecule has 7 heteroatoms. The first-order valence-electron chi connectivity index (χ1n) is 7.46. The molecule has 1 aliphatic rings. The molecular formula is C16H19FN2O4. The van der Waals surface area contributed by atoms with Crippen molar-refractivity contribution in [2.24, 2.45) is 5.92 Å². The number of halogens is 1. The predicted octanol–water partition coefficient (Wildman–Crippen LogP) is 0.921. The van der Waals surface area contributed by atoms with Crippen LogP contribution in [0.5, 0.6) is 0 Å². The molecular weight excluding hydrogens is 303 g/mol. The first-order chi connectivity index (χ1) is 11.0. The smallest absolute Gasteiger partial charge is 0.322 e. The summed E-state index contributed by atoms with van der Waals surface area (Å²) in [5.74, 6) is -2.15. The summed E-state index contributed by atoms with van der Waals surface area (Å²) in [6, 6.07) is 5.45. The van der Waals surface area contributed by atoms with Crippen molar-refractivity contribution >= 4 is 17.7 Å². The minimum atomic E-state index is -1.10. The Kier molecular flexibility index (Phi) is 5.81. The molecule has 0 aromatic heterocycles. The molecule has 0 spiro atoms. The Morgan fingerprint density at radius 3 is 2.61 bits per heavy atom. The molecule has 1 saturated heterocycles. The SMILES string of the molecule is O=C(O)CNC(=O)CN1CCCC(C(=O)c2ccc(F)cc2)C1. The first-order valence-corrected chi connectivity index (χ1v) is 7.46. The summed E-state index contributed by atoms with van der Waals surface area (Å²) in [6.45, 7) is 0.787. The van der Waals surface area contributed by atoms with Gasteiger partial charge in [-0.2, -0.15) is 0 Å². The lowest BCUT2D eigenvalue weighted by molar-refractivity contribution is -0.138. The summed E-state index contributed by atoms with van der Waals surface area (Å²) in [4.78, 5) is 36.3. The number of nitrogens with zero attached hydrogens (tertiary/aromatic N) is 1. The van der Waals surface area contributed by atoms with E-state index in [0.29, 0.717) is 18.7 Å². The highest BCUT2D eigenvalue weighted by atomic mass is 19.1. The highest BCUT2D eigenvalue weighted by Crippen LogP contribution is 2.21. The second-order valence-corrected chi connectivity index (χ2v) is 5.62. The fourth-order valence-corrected chi connectivity index (χ4v) is 2.70. The summed E-state index contributed by atoms with van der Waals surface area (Å²) in [6.07, 6.45) is 1.51. The van der Waals surface area contributed by atoms with Crippen LogP contribution in [0, 0.1) is 11.7 Å².